The molecule has 2 atom stereocenters. The third-order valence-corrected chi connectivity index (χ3v) is 7.66. The van der Waals surface area contributed by atoms with E-state index in [1.807, 2.05) is 36.4 Å². The summed E-state index contributed by atoms with van der Waals surface area (Å²) in [6.07, 6.45) is 1.97. The van der Waals surface area contributed by atoms with Crippen LogP contribution in [0.5, 0.6) is 11.5 Å². The Hall–Kier alpha value is -4.44. The minimum atomic E-state index is -0.353. The molecule has 0 aliphatic carbocycles. The minimum Gasteiger partial charge on any atom is -0.454 e. The molecule has 2 N–H and O–H groups in total. The van der Waals surface area contributed by atoms with Crippen molar-refractivity contribution in [1.82, 2.24) is 19.8 Å². The van der Waals surface area contributed by atoms with E-state index in [1.54, 1.807) is 18.3 Å². The van der Waals surface area contributed by atoms with Gasteiger partial charge in [-0.1, -0.05) is 6.07 Å². The number of thiocarbonyl (C=S) groups is 1. The zero-order valence-corrected chi connectivity index (χ0v) is 22.9. The maximum Gasteiger partial charge on any atom is 0.231 e. The van der Waals surface area contributed by atoms with Crippen LogP contribution >= 0.6 is 12.2 Å². The van der Waals surface area contributed by atoms with E-state index in [9.17, 15) is 9.18 Å². The van der Waals surface area contributed by atoms with Crippen molar-refractivity contribution >= 4 is 28.9 Å². The predicted molar refractivity (Wildman–Crippen MR) is 153 cm³/mol. The van der Waals surface area contributed by atoms with Gasteiger partial charge in [0.25, 0.3) is 0 Å². The average Bonchev–Trinajstić information content (AvgIpc) is 3.63. The summed E-state index contributed by atoms with van der Waals surface area (Å²) in [5, 5.41) is 6.85. The third kappa shape index (κ3) is 4.86. The summed E-state index contributed by atoms with van der Waals surface area (Å²) in [7, 11) is 0. The maximum absolute atomic E-state index is 13.3. The normalized spacial score (nSPS) is 17.7. The van der Waals surface area contributed by atoms with Crippen LogP contribution in [0.25, 0.3) is 5.69 Å². The number of rotatable bonds is 7. The fourth-order valence-electron chi connectivity index (χ4n) is 5.47. The van der Waals surface area contributed by atoms with Gasteiger partial charge in [-0.3, -0.25) is 9.78 Å². The second-order valence-electron chi connectivity index (χ2n) is 9.82. The second kappa shape index (κ2) is 10.6. The van der Waals surface area contributed by atoms with Crippen LogP contribution in [0, 0.1) is 19.7 Å². The minimum absolute atomic E-state index is 0.180. The third-order valence-electron chi connectivity index (χ3n) is 7.31. The average molecular weight is 558 g/mol. The lowest BCUT2D eigenvalue weighted by atomic mass is 9.96. The van der Waals surface area contributed by atoms with Crippen molar-refractivity contribution < 1.29 is 18.7 Å². The largest absolute Gasteiger partial charge is 0.454 e. The van der Waals surface area contributed by atoms with Crippen molar-refractivity contribution in [3.05, 3.63) is 101 Å². The number of carbonyl (C=O) groups excluding carboxylic acids is 1. The summed E-state index contributed by atoms with van der Waals surface area (Å²) in [6, 6.07) is 19.2. The topological polar surface area (TPSA) is 80.7 Å². The first-order valence-electron chi connectivity index (χ1n) is 13.0. The summed E-state index contributed by atoms with van der Waals surface area (Å²) in [5.41, 5.74) is 5.56. The van der Waals surface area contributed by atoms with Crippen LogP contribution < -0.4 is 20.1 Å². The van der Waals surface area contributed by atoms with Gasteiger partial charge in [-0.05, 0) is 86.2 Å². The van der Waals surface area contributed by atoms with Crippen LogP contribution in [0.1, 0.15) is 41.1 Å². The van der Waals surface area contributed by atoms with Gasteiger partial charge < -0.3 is 29.6 Å². The monoisotopic (exact) mass is 557 g/mol. The lowest BCUT2D eigenvalue weighted by molar-refractivity contribution is -0.116. The maximum atomic E-state index is 13.3. The van der Waals surface area contributed by atoms with Gasteiger partial charge in [-0.2, -0.15) is 0 Å². The molecule has 0 radical (unpaired) electrons. The molecule has 2 aromatic carbocycles. The number of nitrogens with one attached hydrogen (secondary N) is 2. The van der Waals surface area contributed by atoms with Crippen LogP contribution in [0.3, 0.4) is 0 Å². The number of carbonyl (C=O) groups is 1. The Morgan fingerprint density at radius 3 is 2.67 bits per heavy atom. The Kier molecular flexibility index (Phi) is 6.85. The summed E-state index contributed by atoms with van der Waals surface area (Å²) in [6.45, 7) is 4.76. The number of fused-ring (bicyclic) bond motifs is 1. The van der Waals surface area contributed by atoms with Gasteiger partial charge in [0, 0.05) is 48.0 Å². The first kappa shape index (κ1) is 25.8. The van der Waals surface area contributed by atoms with Gasteiger partial charge in [0.1, 0.15) is 5.82 Å². The van der Waals surface area contributed by atoms with Crippen LogP contribution in [0.15, 0.2) is 72.9 Å². The van der Waals surface area contributed by atoms with E-state index in [2.05, 4.69) is 45.0 Å². The van der Waals surface area contributed by atoms with Gasteiger partial charge in [-0.15, -0.1) is 0 Å². The number of benzene rings is 2. The molecular weight excluding hydrogens is 529 g/mol. The molecule has 1 saturated heterocycles. The van der Waals surface area contributed by atoms with Crippen LogP contribution in [-0.4, -0.2) is 38.8 Å². The molecule has 1 amide bonds. The number of hydrogen-bond donors (Lipinski definition) is 2. The molecule has 0 saturated carbocycles. The Balaban J connectivity index is 1.32. The molecule has 4 heterocycles. The Morgan fingerprint density at radius 1 is 1.10 bits per heavy atom. The van der Waals surface area contributed by atoms with Gasteiger partial charge in [0.05, 0.1) is 17.8 Å². The summed E-state index contributed by atoms with van der Waals surface area (Å²) >= 11 is 5.80. The van der Waals surface area contributed by atoms with E-state index in [4.69, 9.17) is 21.7 Å². The molecule has 40 heavy (non-hydrogen) atoms. The SMILES string of the molecule is Cc1cc([C@H]2[C@@H](c3ccccn3)NC(=S)N2CCC(=O)Nc2ccc(F)cc2)c(C)n1-c1ccc2c(c1)OCO2. The van der Waals surface area contributed by atoms with E-state index in [-0.39, 0.29) is 37.0 Å². The highest BCUT2D eigenvalue weighted by atomic mass is 32.1. The molecule has 1 fully saturated rings. The standard InChI is InChI=1S/C30H28FN5O3S/c1-18-15-23(19(2)36(18)22-10-11-25-26(16-22)39-17-38-25)29-28(24-5-3-4-13-32-24)34-30(40)35(29)14-12-27(37)33-21-8-6-20(31)7-9-21/h3-11,13,15-16,28-29H,12,14,17H2,1-2H3,(H,33,37)(H,34,40)/t28-,29+/m1/s1. The number of pyridine rings is 1. The van der Waals surface area contributed by atoms with Gasteiger partial charge >= 0.3 is 0 Å². The van der Waals surface area contributed by atoms with Crippen molar-refractivity contribution in [2.75, 3.05) is 18.7 Å². The molecule has 10 heteroatoms. The van der Waals surface area contributed by atoms with E-state index < -0.39 is 0 Å². The molecule has 6 rings (SSSR count). The van der Waals surface area contributed by atoms with Crippen LogP contribution in [0.2, 0.25) is 0 Å². The van der Waals surface area contributed by atoms with Crippen LogP contribution in [0.4, 0.5) is 10.1 Å². The van der Waals surface area contributed by atoms with E-state index in [1.165, 1.54) is 12.1 Å². The lowest BCUT2D eigenvalue weighted by Crippen LogP contribution is -2.32. The highest BCUT2D eigenvalue weighted by Gasteiger charge is 2.41. The number of aromatic nitrogens is 2. The fourth-order valence-corrected chi connectivity index (χ4v) is 5.80. The first-order chi connectivity index (χ1) is 19.4. The zero-order valence-electron chi connectivity index (χ0n) is 22.1. The number of amides is 1. The van der Waals surface area contributed by atoms with Gasteiger partial charge in [0.2, 0.25) is 12.7 Å². The van der Waals surface area contributed by atoms with Crippen molar-refractivity contribution in [1.29, 1.82) is 0 Å². The summed E-state index contributed by atoms with van der Waals surface area (Å²) in [4.78, 5) is 19.5. The zero-order chi connectivity index (χ0) is 27.8. The number of ether oxygens (including phenoxy) is 2. The first-order valence-corrected chi connectivity index (χ1v) is 13.4. The molecular formula is C30H28FN5O3S. The van der Waals surface area contributed by atoms with Crippen molar-refractivity contribution in [3.8, 4) is 17.2 Å². The number of aryl methyl sites for hydroxylation is 1. The predicted octanol–water partition coefficient (Wildman–Crippen LogP) is 5.36. The molecule has 0 spiro atoms. The fraction of sp³-hybridized carbons (Fsp3) is 0.233. The molecule has 0 unspecified atom stereocenters. The molecule has 8 nitrogen and oxygen atoms in total. The Labute approximate surface area is 236 Å². The number of hydrogen-bond acceptors (Lipinski definition) is 5. The quantitative estimate of drug-likeness (QED) is 0.296. The second-order valence-corrected chi connectivity index (χ2v) is 10.2. The summed E-state index contributed by atoms with van der Waals surface area (Å²) < 4.78 is 26.6. The molecule has 2 aromatic heterocycles. The van der Waals surface area contributed by atoms with E-state index in [0.717, 1.165) is 39.8 Å². The summed E-state index contributed by atoms with van der Waals surface area (Å²) in [5.74, 6) is 0.918. The Bertz CT molecular complexity index is 1570. The highest BCUT2D eigenvalue weighted by molar-refractivity contribution is 7.80. The highest BCUT2D eigenvalue weighted by Crippen LogP contribution is 2.42. The molecule has 2 aliphatic rings. The van der Waals surface area contributed by atoms with Crippen molar-refractivity contribution in [2.24, 2.45) is 0 Å². The van der Waals surface area contributed by atoms with Gasteiger partial charge in [-0.25, -0.2) is 4.39 Å². The van der Waals surface area contributed by atoms with Crippen molar-refractivity contribution in [2.45, 2.75) is 32.4 Å². The number of nitrogens with zero attached hydrogens (tertiary/aromatic N) is 3. The van der Waals surface area contributed by atoms with Crippen LogP contribution in [-0.2, 0) is 4.79 Å². The Morgan fingerprint density at radius 2 is 1.90 bits per heavy atom. The van der Waals surface area contributed by atoms with Gasteiger partial charge in [0.15, 0.2) is 16.6 Å². The molecule has 204 valence electrons. The van der Waals surface area contributed by atoms with E-state index >= 15 is 0 Å². The lowest BCUT2D eigenvalue weighted by Gasteiger charge is -2.28. The smallest absolute Gasteiger partial charge is 0.231 e. The molecule has 2 aliphatic heterocycles. The molecule has 4 aromatic rings. The molecule has 0 bridgehead atoms. The van der Waals surface area contributed by atoms with Crippen molar-refractivity contribution in [3.63, 3.8) is 0 Å². The number of anilines is 1. The number of halogens is 1. The van der Waals surface area contributed by atoms with E-state index in [0.29, 0.717) is 17.3 Å².